The van der Waals surface area contributed by atoms with Gasteiger partial charge >= 0.3 is 0 Å². The molecule has 0 aliphatic carbocycles. The SMILES string of the molecule is CCC1=C(C(=O)[O-])C(c2cccc([N+](=O)[O-])c2)C(C(=O)[O-])=C(C)N1. The zero-order valence-electron chi connectivity index (χ0n) is 13.0. The number of aliphatic carboxylic acids is 2. The van der Waals surface area contributed by atoms with Crippen LogP contribution in [0.25, 0.3) is 0 Å². The van der Waals surface area contributed by atoms with Crippen molar-refractivity contribution in [2.24, 2.45) is 0 Å². The molecule has 1 aromatic carbocycles. The van der Waals surface area contributed by atoms with E-state index in [1.807, 2.05) is 0 Å². The monoisotopic (exact) mass is 330 g/mol. The fourth-order valence-corrected chi connectivity index (χ4v) is 2.84. The number of nitro groups is 1. The Hall–Kier alpha value is -3.16. The normalized spacial score (nSPS) is 17.5. The highest BCUT2D eigenvalue weighted by Crippen LogP contribution is 2.39. The molecule has 0 aromatic heterocycles. The Labute approximate surface area is 137 Å². The molecule has 126 valence electrons. The minimum Gasteiger partial charge on any atom is -0.545 e. The summed E-state index contributed by atoms with van der Waals surface area (Å²) in [5.41, 5.74) is -0.108. The summed E-state index contributed by atoms with van der Waals surface area (Å²) in [7, 11) is 0. The van der Waals surface area contributed by atoms with Crippen LogP contribution in [0, 0.1) is 10.1 Å². The molecule has 1 aliphatic heterocycles. The zero-order valence-corrected chi connectivity index (χ0v) is 13.0. The van der Waals surface area contributed by atoms with Crippen molar-refractivity contribution in [3.63, 3.8) is 0 Å². The summed E-state index contributed by atoms with van der Waals surface area (Å²) in [5.74, 6) is -4.30. The van der Waals surface area contributed by atoms with E-state index in [4.69, 9.17) is 0 Å². The first-order valence-corrected chi connectivity index (χ1v) is 7.15. The van der Waals surface area contributed by atoms with Crippen LogP contribution in [0.3, 0.4) is 0 Å². The number of nitrogens with one attached hydrogen (secondary N) is 1. The highest BCUT2D eigenvalue weighted by molar-refractivity contribution is 5.97. The Morgan fingerprint density at radius 1 is 1.21 bits per heavy atom. The van der Waals surface area contributed by atoms with Crippen LogP contribution in [0.4, 0.5) is 5.69 Å². The van der Waals surface area contributed by atoms with Gasteiger partial charge in [0, 0.05) is 40.6 Å². The molecule has 1 aromatic rings. The van der Waals surface area contributed by atoms with Crippen molar-refractivity contribution >= 4 is 17.6 Å². The molecule has 0 saturated carbocycles. The van der Waals surface area contributed by atoms with E-state index in [1.54, 1.807) is 6.92 Å². The Morgan fingerprint density at radius 2 is 1.83 bits per heavy atom. The number of nitro benzene ring substituents is 1. The van der Waals surface area contributed by atoms with Crippen LogP contribution in [0.5, 0.6) is 0 Å². The van der Waals surface area contributed by atoms with Crippen molar-refractivity contribution in [1.82, 2.24) is 5.32 Å². The van der Waals surface area contributed by atoms with Gasteiger partial charge in [0.2, 0.25) is 0 Å². The topological polar surface area (TPSA) is 135 Å². The molecule has 0 saturated heterocycles. The molecule has 8 heteroatoms. The van der Waals surface area contributed by atoms with Gasteiger partial charge in [0.25, 0.3) is 5.69 Å². The maximum atomic E-state index is 11.6. The highest BCUT2D eigenvalue weighted by Gasteiger charge is 2.31. The third kappa shape index (κ3) is 2.98. The molecule has 1 N–H and O–H groups in total. The van der Waals surface area contributed by atoms with Gasteiger partial charge in [-0.3, -0.25) is 10.1 Å². The van der Waals surface area contributed by atoms with E-state index in [1.165, 1.54) is 25.1 Å². The molecule has 0 bridgehead atoms. The van der Waals surface area contributed by atoms with Crippen LogP contribution in [-0.2, 0) is 9.59 Å². The van der Waals surface area contributed by atoms with Gasteiger partial charge in [-0.05, 0) is 18.9 Å². The number of carbonyl (C=O) groups is 2. The van der Waals surface area contributed by atoms with Gasteiger partial charge in [0.05, 0.1) is 16.9 Å². The van der Waals surface area contributed by atoms with Crippen LogP contribution in [0.1, 0.15) is 31.7 Å². The van der Waals surface area contributed by atoms with Crippen LogP contribution >= 0.6 is 0 Å². The van der Waals surface area contributed by atoms with Gasteiger partial charge < -0.3 is 25.1 Å². The van der Waals surface area contributed by atoms with E-state index >= 15 is 0 Å². The van der Waals surface area contributed by atoms with E-state index in [2.05, 4.69) is 5.32 Å². The van der Waals surface area contributed by atoms with Crippen molar-refractivity contribution in [2.45, 2.75) is 26.2 Å². The first kappa shape index (κ1) is 17.2. The fraction of sp³-hybridized carbons (Fsp3) is 0.250. The number of non-ortho nitro benzene ring substituents is 1. The predicted molar refractivity (Wildman–Crippen MR) is 79.0 cm³/mol. The van der Waals surface area contributed by atoms with E-state index in [0.717, 1.165) is 6.07 Å². The standard InChI is InChI=1S/C16H16N2O6/c1-3-11-14(16(21)22)13(12(15(19)20)8(2)17-11)9-5-4-6-10(7-9)18(23)24/h4-7,13,17H,3H2,1-2H3,(H,19,20)(H,21,22)/p-2. The number of dihydropyridines is 1. The smallest absolute Gasteiger partial charge is 0.269 e. The molecule has 8 nitrogen and oxygen atoms in total. The number of hydrogen-bond donors (Lipinski definition) is 1. The summed E-state index contributed by atoms with van der Waals surface area (Å²) in [6, 6.07) is 5.21. The molecule has 24 heavy (non-hydrogen) atoms. The maximum Gasteiger partial charge on any atom is 0.269 e. The fourth-order valence-electron chi connectivity index (χ4n) is 2.84. The molecule has 0 spiro atoms. The lowest BCUT2D eigenvalue weighted by molar-refractivity contribution is -0.384. The molecular weight excluding hydrogens is 316 g/mol. The number of carboxylic acids is 2. The van der Waals surface area contributed by atoms with E-state index in [9.17, 15) is 29.9 Å². The van der Waals surface area contributed by atoms with Gasteiger partial charge in [-0.2, -0.15) is 0 Å². The minimum atomic E-state index is -1.55. The van der Waals surface area contributed by atoms with Crippen LogP contribution in [0.15, 0.2) is 46.8 Å². The average Bonchev–Trinajstić information content (AvgIpc) is 2.52. The van der Waals surface area contributed by atoms with E-state index in [0.29, 0.717) is 12.1 Å². The Kier molecular flexibility index (Phi) is 4.68. The van der Waals surface area contributed by atoms with Crippen molar-refractivity contribution in [3.8, 4) is 0 Å². The average molecular weight is 330 g/mol. The summed E-state index contributed by atoms with van der Waals surface area (Å²) < 4.78 is 0. The van der Waals surface area contributed by atoms with E-state index in [-0.39, 0.29) is 28.1 Å². The molecule has 1 atom stereocenters. The Bertz CT molecular complexity index is 794. The highest BCUT2D eigenvalue weighted by atomic mass is 16.6. The van der Waals surface area contributed by atoms with Crippen LogP contribution < -0.4 is 15.5 Å². The van der Waals surface area contributed by atoms with Crippen molar-refractivity contribution in [1.29, 1.82) is 0 Å². The lowest BCUT2D eigenvalue weighted by Crippen LogP contribution is -2.40. The van der Waals surface area contributed by atoms with Crippen molar-refractivity contribution in [3.05, 3.63) is 62.5 Å². The summed E-state index contributed by atoms with van der Waals surface area (Å²) in [6.45, 7) is 3.18. The molecule has 1 unspecified atom stereocenters. The molecule has 1 heterocycles. The number of nitrogens with zero attached hydrogens (tertiary/aromatic N) is 1. The number of allylic oxidation sites excluding steroid dienone is 2. The van der Waals surface area contributed by atoms with Crippen molar-refractivity contribution < 1.29 is 24.7 Å². The number of benzene rings is 1. The molecule has 0 fully saturated rings. The molecule has 0 amide bonds. The molecular formula is C16H14N2O6-2. The maximum absolute atomic E-state index is 11.6. The first-order valence-electron chi connectivity index (χ1n) is 7.15. The van der Waals surface area contributed by atoms with E-state index < -0.39 is 22.8 Å². The summed E-state index contributed by atoms with van der Waals surface area (Å²) in [4.78, 5) is 33.5. The number of carbonyl (C=O) groups excluding carboxylic acids is 2. The molecule has 2 rings (SSSR count). The number of carboxylic acid groups (broad SMARTS) is 2. The quantitative estimate of drug-likeness (QED) is 0.579. The second kappa shape index (κ2) is 6.53. The minimum absolute atomic E-state index is 0.175. The molecule has 0 radical (unpaired) electrons. The second-order valence-corrected chi connectivity index (χ2v) is 5.27. The van der Waals surface area contributed by atoms with Gasteiger partial charge in [-0.15, -0.1) is 0 Å². The lowest BCUT2D eigenvalue weighted by Gasteiger charge is -2.34. The zero-order chi connectivity index (χ0) is 18.0. The van der Waals surface area contributed by atoms with Gasteiger partial charge in [0.1, 0.15) is 0 Å². The summed E-state index contributed by atoms with van der Waals surface area (Å²) in [6.07, 6.45) is 0.298. The largest absolute Gasteiger partial charge is 0.545 e. The lowest BCUT2D eigenvalue weighted by atomic mass is 9.80. The predicted octanol–water partition coefficient (Wildman–Crippen LogP) is -0.281. The third-order valence-corrected chi connectivity index (χ3v) is 3.85. The second-order valence-electron chi connectivity index (χ2n) is 5.27. The Morgan fingerprint density at radius 3 is 2.33 bits per heavy atom. The van der Waals surface area contributed by atoms with Crippen LogP contribution in [-0.4, -0.2) is 16.9 Å². The van der Waals surface area contributed by atoms with Gasteiger partial charge in [0.15, 0.2) is 0 Å². The van der Waals surface area contributed by atoms with Gasteiger partial charge in [-0.1, -0.05) is 19.1 Å². The number of hydrogen-bond acceptors (Lipinski definition) is 7. The van der Waals surface area contributed by atoms with Gasteiger partial charge in [-0.25, -0.2) is 0 Å². The van der Waals surface area contributed by atoms with Crippen LogP contribution in [0.2, 0.25) is 0 Å². The first-order chi connectivity index (χ1) is 11.3. The Balaban J connectivity index is 2.75. The summed E-state index contributed by atoms with van der Waals surface area (Å²) >= 11 is 0. The van der Waals surface area contributed by atoms with Crippen molar-refractivity contribution in [2.75, 3.05) is 0 Å². The molecule has 1 aliphatic rings. The number of rotatable bonds is 5. The summed E-state index contributed by atoms with van der Waals surface area (Å²) in [5, 5.41) is 36.9. The third-order valence-electron chi connectivity index (χ3n) is 3.85.